The molecule has 1 amide bonds. The summed E-state index contributed by atoms with van der Waals surface area (Å²) in [5, 5.41) is 14.6. The molecule has 9 nitrogen and oxygen atoms in total. The highest BCUT2D eigenvalue weighted by Gasteiger charge is 2.13. The number of hydrogen-bond donors (Lipinski definition) is 3. The van der Waals surface area contributed by atoms with Crippen molar-refractivity contribution < 1.29 is 18.3 Å². The maximum atomic E-state index is 13.7. The van der Waals surface area contributed by atoms with Crippen LogP contribution in [0.15, 0.2) is 81.5 Å². The summed E-state index contributed by atoms with van der Waals surface area (Å²) in [5.74, 6) is 4.51. The SMILES string of the molecule is Nn1c(N/N=C/c2ccccc2OCc2cccc(Br)c2)nnc1SCC(=O)Nc1ccc(F)cc1F. The fourth-order valence-electron chi connectivity index (χ4n) is 3.02. The molecule has 37 heavy (non-hydrogen) atoms. The first-order chi connectivity index (χ1) is 17.9. The van der Waals surface area contributed by atoms with Gasteiger partial charge in [-0.2, -0.15) is 5.10 Å². The molecular formula is C24H20BrF2N7O2S. The summed E-state index contributed by atoms with van der Waals surface area (Å²) in [4.78, 5) is 12.1. The Morgan fingerprint density at radius 2 is 1.97 bits per heavy atom. The lowest BCUT2D eigenvalue weighted by Crippen LogP contribution is -2.17. The van der Waals surface area contributed by atoms with Gasteiger partial charge in [0.1, 0.15) is 24.0 Å². The lowest BCUT2D eigenvalue weighted by Gasteiger charge is -2.09. The zero-order valence-electron chi connectivity index (χ0n) is 19.1. The quantitative estimate of drug-likeness (QED) is 0.106. The Kier molecular flexibility index (Phi) is 8.69. The zero-order chi connectivity index (χ0) is 26.2. The van der Waals surface area contributed by atoms with E-state index in [2.05, 4.69) is 42.0 Å². The van der Waals surface area contributed by atoms with E-state index >= 15 is 0 Å². The van der Waals surface area contributed by atoms with Crippen molar-refractivity contribution in [3.63, 3.8) is 0 Å². The number of carbonyl (C=O) groups is 1. The second-order valence-electron chi connectivity index (χ2n) is 7.46. The third kappa shape index (κ3) is 7.27. The molecule has 1 aromatic heterocycles. The third-order valence-corrected chi connectivity index (χ3v) is 6.21. The van der Waals surface area contributed by atoms with E-state index < -0.39 is 17.5 Å². The van der Waals surface area contributed by atoms with Crippen molar-refractivity contribution in [3.8, 4) is 5.75 Å². The predicted molar refractivity (Wildman–Crippen MR) is 142 cm³/mol. The maximum Gasteiger partial charge on any atom is 0.264 e. The second kappa shape index (κ2) is 12.3. The minimum absolute atomic E-state index is 0.126. The van der Waals surface area contributed by atoms with Gasteiger partial charge < -0.3 is 15.9 Å². The monoisotopic (exact) mass is 587 g/mol. The summed E-state index contributed by atoms with van der Waals surface area (Å²) < 4.78 is 34.7. The van der Waals surface area contributed by atoms with Crippen LogP contribution < -0.4 is 21.3 Å². The summed E-state index contributed by atoms with van der Waals surface area (Å²) in [6.07, 6.45) is 1.56. The Morgan fingerprint density at radius 1 is 1.14 bits per heavy atom. The number of aromatic nitrogens is 3. The highest BCUT2D eigenvalue weighted by Crippen LogP contribution is 2.21. The van der Waals surface area contributed by atoms with E-state index in [1.807, 2.05) is 48.5 Å². The van der Waals surface area contributed by atoms with Gasteiger partial charge in [-0.3, -0.25) is 4.79 Å². The van der Waals surface area contributed by atoms with Gasteiger partial charge in [-0.05, 0) is 42.0 Å². The lowest BCUT2D eigenvalue weighted by molar-refractivity contribution is -0.113. The molecule has 0 aliphatic heterocycles. The first kappa shape index (κ1) is 26.1. The van der Waals surface area contributed by atoms with Crippen molar-refractivity contribution in [2.45, 2.75) is 11.8 Å². The number of para-hydroxylation sites is 1. The molecule has 1 heterocycles. The topological polar surface area (TPSA) is 119 Å². The van der Waals surface area contributed by atoms with Crippen LogP contribution in [0.25, 0.3) is 0 Å². The number of nitrogens with zero attached hydrogens (tertiary/aromatic N) is 4. The average molecular weight is 588 g/mol. The highest BCUT2D eigenvalue weighted by molar-refractivity contribution is 9.10. The fourth-order valence-corrected chi connectivity index (χ4v) is 4.13. The predicted octanol–water partition coefficient (Wildman–Crippen LogP) is 4.79. The Balaban J connectivity index is 1.32. The lowest BCUT2D eigenvalue weighted by atomic mass is 10.2. The van der Waals surface area contributed by atoms with Gasteiger partial charge in [0, 0.05) is 16.1 Å². The van der Waals surface area contributed by atoms with E-state index in [0.29, 0.717) is 18.4 Å². The molecular weight excluding hydrogens is 568 g/mol. The van der Waals surface area contributed by atoms with Crippen LogP contribution in [0.1, 0.15) is 11.1 Å². The number of nitrogens with one attached hydrogen (secondary N) is 2. The van der Waals surface area contributed by atoms with E-state index in [1.54, 1.807) is 6.21 Å². The van der Waals surface area contributed by atoms with Crippen LogP contribution in [-0.2, 0) is 11.4 Å². The van der Waals surface area contributed by atoms with E-state index in [0.717, 1.165) is 44.2 Å². The van der Waals surface area contributed by atoms with Crippen molar-refractivity contribution in [2.75, 3.05) is 22.3 Å². The fraction of sp³-hybridized carbons (Fsp3) is 0.0833. The molecule has 0 fully saturated rings. The van der Waals surface area contributed by atoms with Gasteiger partial charge in [0.2, 0.25) is 11.1 Å². The molecule has 13 heteroatoms. The van der Waals surface area contributed by atoms with Crippen molar-refractivity contribution >= 4 is 51.4 Å². The summed E-state index contributed by atoms with van der Waals surface area (Å²) in [7, 11) is 0. The molecule has 0 aliphatic carbocycles. The van der Waals surface area contributed by atoms with E-state index in [4.69, 9.17) is 10.6 Å². The average Bonchev–Trinajstić information content (AvgIpc) is 3.23. The number of ether oxygens (including phenoxy) is 1. The molecule has 4 aromatic rings. The first-order valence-electron chi connectivity index (χ1n) is 10.7. The number of thioether (sulfide) groups is 1. The standard InChI is InChI=1S/C24H20BrF2N7O2S/c25-17-6-3-4-15(10-17)13-36-21-7-2-1-5-16(21)12-29-31-23-32-33-24(34(23)28)37-14-22(35)30-20-9-8-18(26)11-19(20)27/h1-12H,13-14,28H2,(H,30,35)(H,31,32)/b29-12+. The normalized spacial score (nSPS) is 11.0. The number of hydrogen-bond acceptors (Lipinski definition) is 8. The van der Waals surface area contributed by atoms with Crippen LogP contribution in [0.3, 0.4) is 0 Å². The van der Waals surface area contributed by atoms with Gasteiger partial charge in [-0.15, -0.1) is 10.2 Å². The van der Waals surface area contributed by atoms with Crippen molar-refractivity contribution in [1.29, 1.82) is 0 Å². The van der Waals surface area contributed by atoms with E-state index in [1.165, 1.54) is 0 Å². The maximum absolute atomic E-state index is 13.7. The molecule has 0 bridgehead atoms. The smallest absolute Gasteiger partial charge is 0.264 e. The summed E-state index contributed by atoms with van der Waals surface area (Å²) in [5.41, 5.74) is 4.32. The summed E-state index contributed by atoms with van der Waals surface area (Å²) in [6, 6.07) is 18.1. The van der Waals surface area contributed by atoms with Gasteiger partial charge in [-0.25, -0.2) is 18.9 Å². The number of rotatable bonds is 10. The number of carbonyl (C=O) groups excluding carboxylic acids is 1. The first-order valence-corrected chi connectivity index (χ1v) is 12.5. The van der Waals surface area contributed by atoms with Gasteiger partial charge >= 0.3 is 0 Å². The van der Waals surface area contributed by atoms with Crippen LogP contribution in [0.2, 0.25) is 0 Å². The number of hydrazone groups is 1. The molecule has 3 aromatic carbocycles. The van der Waals surface area contributed by atoms with Gasteiger partial charge in [0.05, 0.1) is 17.7 Å². The van der Waals surface area contributed by atoms with Crippen molar-refractivity contribution in [2.24, 2.45) is 5.10 Å². The summed E-state index contributed by atoms with van der Waals surface area (Å²) in [6.45, 7) is 0.386. The van der Waals surface area contributed by atoms with Gasteiger partial charge in [-0.1, -0.05) is 52.0 Å². The van der Waals surface area contributed by atoms with Crippen LogP contribution in [-0.4, -0.2) is 32.7 Å². The molecule has 0 saturated carbocycles. The number of nitrogen functional groups attached to an aromatic ring is 1. The molecule has 190 valence electrons. The highest BCUT2D eigenvalue weighted by atomic mass is 79.9. The molecule has 4 rings (SSSR count). The second-order valence-corrected chi connectivity index (χ2v) is 9.32. The van der Waals surface area contributed by atoms with Crippen molar-refractivity contribution in [1.82, 2.24) is 14.9 Å². The molecule has 0 unspecified atom stereocenters. The Labute approximate surface area is 223 Å². The molecule has 0 saturated heterocycles. The molecule has 4 N–H and O–H groups in total. The number of benzene rings is 3. The Morgan fingerprint density at radius 3 is 2.78 bits per heavy atom. The molecule has 0 spiro atoms. The van der Waals surface area contributed by atoms with E-state index in [9.17, 15) is 13.6 Å². The number of anilines is 2. The van der Waals surface area contributed by atoms with Crippen LogP contribution in [0, 0.1) is 11.6 Å². The van der Waals surface area contributed by atoms with Crippen LogP contribution in [0.4, 0.5) is 20.4 Å². The minimum atomic E-state index is -0.871. The van der Waals surface area contributed by atoms with E-state index in [-0.39, 0.29) is 22.5 Å². The number of halogens is 3. The van der Waals surface area contributed by atoms with Crippen LogP contribution in [0.5, 0.6) is 5.75 Å². The van der Waals surface area contributed by atoms with Crippen LogP contribution >= 0.6 is 27.7 Å². The van der Waals surface area contributed by atoms with Crippen molar-refractivity contribution in [3.05, 3.63) is 94.0 Å². The van der Waals surface area contributed by atoms with Gasteiger partial charge in [0.15, 0.2) is 0 Å². The third-order valence-electron chi connectivity index (χ3n) is 4.77. The number of nitrogens with two attached hydrogens (primary N) is 1. The summed E-state index contributed by atoms with van der Waals surface area (Å²) >= 11 is 4.43. The molecule has 0 radical (unpaired) electrons. The Hall–Kier alpha value is -3.97. The molecule has 0 atom stereocenters. The Bertz CT molecular complexity index is 1430. The zero-order valence-corrected chi connectivity index (χ0v) is 21.5. The van der Waals surface area contributed by atoms with Gasteiger partial charge in [0.25, 0.3) is 5.95 Å². The largest absolute Gasteiger partial charge is 0.488 e. The molecule has 0 aliphatic rings. The minimum Gasteiger partial charge on any atom is -0.488 e. The number of amides is 1.